The van der Waals surface area contributed by atoms with Crippen LogP contribution in [0.25, 0.3) is 0 Å². The van der Waals surface area contributed by atoms with Gasteiger partial charge in [-0.3, -0.25) is 4.98 Å². The third kappa shape index (κ3) is 4.68. The number of nitrogens with zero attached hydrogens (tertiary/aromatic N) is 2. The number of amides is 2. The Hall–Kier alpha value is -1.85. The van der Waals surface area contributed by atoms with Crippen LogP contribution >= 0.6 is 0 Å². The van der Waals surface area contributed by atoms with Crippen LogP contribution in [-0.4, -0.2) is 34.2 Å². The summed E-state index contributed by atoms with van der Waals surface area (Å²) in [5.74, 6) is 0.571. The van der Waals surface area contributed by atoms with Crippen LogP contribution in [-0.2, 0) is 0 Å². The maximum absolute atomic E-state index is 11.6. The quantitative estimate of drug-likeness (QED) is 0.881. The number of aromatic nitrogens is 2. The first kappa shape index (κ1) is 14.6. The maximum atomic E-state index is 11.6. The topological polar surface area (TPSA) is 76.1 Å². The van der Waals surface area contributed by atoms with E-state index < -0.39 is 0 Å². The molecule has 2 N–H and O–H groups in total. The molecule has 1 aromatic rings. The fourth-order valence-corrected chi connectivity index (χ4v) is 2.33. The van der Waals surface area contributed by atoms with Gasteiger partial charge in [0.05, 0.1) is 6.20 Å². The predicted molar refractivity (Wildman–Crippen MR) is 75.5 cm³/mol. The minimum Gasteiger partial charge on any atom is -0.473 e. The van der Waals surface area contributed by atoms with Crippen molar-refractivity contribution in [2.45, 2.75) is 57.7 Å². The van der Waals surface area contributed by atoms with Gasteiger partial charge in [-0.15, -0.1) is 0 Å². The van der Waals surface area contributed by atoms with Crippen molar-refractivity contribution in [1.82, 2.24) is 20.6 Å². The van der Waals surface area contributed by atoms with Gasteiger partial charge >= 0.3 is 6.03 Å². The van der Waals surface area contributed by atoms with E-state index in [1.54, 1.807) is 18.6 Å². The monoisotopic (exact) mass is 278 g/mol. The third-order valence-electron chi connectivity index (χ3n) is 3.26. The van der Waals surface area contributed by atoms with Crippen LogP contribution in [0.2, 0.25) is 0 Å². The Balaban J connectivity index is 1.71. The van der Waals surface area contributed by atoms with Gasteiger partial charge in [-0.2, -0.15) is 0 Å². The molecule has 0 unspecified atom stereocenters. The van der Waals surface area contributed by atoms with Gasteiger partial charge in [0.1, 0.15) is 6.10 Å². The molecular weight excluding hydrogens is 256 g/mol. The second-order valence-electron chi connectivity index (χ2n) is 5.41. The lowest BCUT2D eigenvalue weighted by atomic mass is 9.93. The second-order valence-corrected chi connectivity index (χ2v) is 5.41. The molecule has 2 rings (SSSR count). The van der Waals surface area contributed by atoms with E-state index in [9.17, 15) is 4.79 Å². The summed E-state index contributed by atoms with van der Waals surface area (Å²) in [6.07, 6.45) is 8.73. The van der Waals surface area contributed by atoms with Crippen molar-refractivity contribution >= 4 is 6.03 Å². The minimum absolute atomic E-state index is 0.0849. The Bertz CT molecular complexity index is 416. The van der Waals surface area contributed by atoms with E-state index in [0.717, 1.165) is 25.7 Å². The summed E-state index contributed by atoms with van der Waals surface area (Å²) in [5.41, 5.74) is 0. The number of carbonyl (C=O) groups is 1. The molecule has 1 aliphatic carbocycles. The van der Waals surface area contributed by atoms with Gasteiger partial charge in [-0.25, -0.2) is 9.78 Å². The Labute approximate surface area is 119 Å². The summed E-state index contributed by atoms with van der Waals surface area (Å²) in [6.45, 7) is 3.90. The molecule has 20 heavy (non-hydrogen) atoms. The Kier molecular flexibility index (Phi) is 5.15. The molecule has 1 fully saturated rings. The fraction of sp³-hybridized carbons (Fsp3) is 0.643. The van der Waals surface area contributed by atoms with Crippen LogP contribution in [0.4, 0.5) is 4.79 Å². The fourth-order valence-electron chi connectivity index (χ4n) is 2.33. The van der Waals surface area contributed by atoms with Gasteiger partial charge in [0, 0.05) is 24.5 Å². The molecule has 6 nitrogen and oxygen atoms in total. The molecule has 0 saturated heterocycles. The average molecular weight is 278 g/mol. The molecule has 2 amide bonds. The second kappa shape index (κ2) is 7.07. The van der Waals surface area contributed by atoms with Crippen molar-refractivity contribution in [1.29, 1.82) is 0 Å². The first-order valence-electron chi connectivity index (χ1n) is 7.13. The summed E-state index contributed by atoms with van der Waals surface area (Å²) < 4.78 is 5.77. The molecule has 1 aliphatic rings. The van der Waals surface area contributed by atoms with E-state index in [4.69, 9.17) is 4.74 Å². The molecule has 0 bridgehead atoms. The first-order chi connectivity index (χ1) is 9.63. The SMILES string of the molecule is CC(C)NC(=O)NC1CCC(Oc2cnccn2)CC1. The van der Waals surface area contributed by atoms with Crippen LogP contribution in [0.3, 0.4) is 0 Å². The van der Waals surface area contributed by atoms with Crippen LogP contribution in [0.5, 0.6) is 5.88 Å². The van der Waals surface area contributed by atoms with Crippen molar-refractivity contribution in [2.75, 3.05) is 0 Å². The number of hydrogen-bond donors (Lipinski definition) is 2. The summed E-state index contributed by atoms with van der Waals surface area (Å²) in [7, 11) is 0. The Morgan fingerprint density at radius 2 is 2.05 bits per heavy atom. The summed E-state index contributed by atoms with van der Waals surface area (Å²) in [4.78, 5) is 19.7. The molecule has 0 aliphatic heterocycles. The standard InChI is InChI=1S/C14H22N4O2/c1-10(2)17-14(19)18-11-3-5-12(6-4-11)20-13-9-15-7-8-16-13/h7-12H,3-6H2,1-2H3,(H2,17,18,19). The van der Waals surface area contributed by atoms with E-state index in [0.29, 0.717) is 5.88 Å². The number of carbonyl (C=O) groups excluding carboxylic acids is 1. The van der Waals surface area contributed by atoms with E-state index >= 15 is 0 Å². The van der Waals surface area contributed by atoms with Crippen molar-refractivity contribution in [3.05, 3.63) is 18.6 Å². The highest BCUT2D eigenvalue weighted by Gasteiger charge is 2.23. The number of hydrogen-bond acceptors (Lipinski definition) is 4. The lowest BCUT2D eigenvalue weighted by molar-refractivity contribution is 0.134. The van der Waals surface area contributed by atoms with Crippen molar-refractivity contribution in [3.8, 4) is 5.88 Å². The summed E-state index contributed by atoms with van der Waals surface area (Å²) >= 11 is 0. The summed E-state index contributed by atoms with van der Waals surface area (Å²) in [6, 6.07) is 0.306. The third-order valence-corrected chi connectivity index (χ3v) is 3.26. The van der Waals surface area contributed by atoms with Crippen molar-refractivity contribution in [2.24, 2.45) is 0 Å². The van der Waals surface area contributed by atoms with E-state index in [1.165, 1.54) is 0 Å². The number of ether oxygens (including phenoxy) is 1. The molecule has 0 radical (unpaired) electrons. The lowest BCUT2D eigenvalue weighted by Crippen LogP contribution is -2.46. The van der Waals surface area contributed by atoms with E-state index in [2.05, 4.69) is 20.6 Å². The Morgan fingerprint density at radius 3 is 2.65 bits per heavy atom. The number of urea groups is 1. The van der Waals surface area contributed by atoms with Gasteiger partial charge < -0.3 is 15.4 Å². The molecule has 0 spiro atoms. The molecule has 6 heteroatoms. The summed E-state index contributed by atoms with van der Waals surface area (Å²) in [5, 5.41) is 5.84. The highest BCUT2D eigenvalue weighted by molar-refractivity contribution is 5.74. The predicted octanol–water partition coefficient (Wildman–Crippen LogP) is 1.87. The molecule has 0 atom stereocenters. The molecule has 1 saturated carbocycles. The molecule has 110 valence electrons. The number of rotatable bonds is 4. The van der Waals surface area contributed by atoms with Crippen LogP contribution < -0.4 is 15.4 Å². The zero-order chi connectivity index (χ0) is 14.4. The lowest BCUT2D eigenvalue weighted by Gasteiger charge is -2.29. The normalized spacial score (nSPS) is 22.4. The van der Waals surface area contributed by atoms with Crippen LogP contribution in [0.15, 0.2) is 18.6 Å². The minimum atomic E-state index is -0.0849. The molecule has 1 aromatic heterocycles. The highest BCUT2D eigenvalue weighted by Crippen LogP contribution is 2.22. The smallest absolute Gasteiger partial charge is 0.315 e. The number of nitrogens with one attached hydrogen (secondary N) is 2. The average Bonchev–Trinajstić information content (AvgIpc) is 2.41. The van der Waals surface area contributed by atoms with Gasteiger partial charge in [-0.05, 0) is 39.5 Å². The van der Waals surface area contributed by atoms with E-state index in [1.807, 2.05) is 13.8 Å². The van der Waals surface area contributed by atoms with Gasteiger partial charge in [0.15, 0.2) is 0 Å². The van der Waals surface area contributed by atoms with Crippen LogP contribution in [0, 0.1) is 0 Å². The zero-order valence-corrected chi connectivity index (χ0v) is 12.0. The first-order valence-corrected chi connectivity index (χ1v) is 7.13. The van der Waals surface area contributed by atoms with Gasteiger partial charge in [0.2, 0.25) is 5.88 Å². The molecule has 1 heterocycles. The molecular formula is C14H22N4O2. The highest BCUT2D eigenvalue weighted by atomic mass is 16.5. The Morgan fingerprint density at radius 1 is 1.30 bits per heavy atom. The van der Waals surface area contributed by atoms with Crippen LogP contribution in [0.1, 0.15) is 39.5 Å². The van der Waals surface area contributed by atoms with Gasteiger partial charge in [0.25, 0.3) is 0 Å². The largest absolute Gasteiger partial charge is 0.473 e. The van der Waals surface area contributed by atoms with Crippen molar-refractivity contribution < 1.29 is 9.53 Å². The molecule has 0 aromatic carbocycles. The van der Waals surface area contributed by atoms with Crippen molar-refractivity contribution in [3.63, 3.8) is 0 Å². The maximum Gasteiger partial charge on any atom is 0.315 e. The van der Waals surface area contributed by atoms with E-state index in [-0.39, 0.29) is 24.2 Å². The van der Waals surface area contributed by atoms with Gasteiger partial charge in [-0.1, -0.05) is 0 Å². The zero-order valence-electron chi connectivity index (χ0n) is 12.0.